The van der Waals surface area contributed by atoms with Crippen molar-refractivity contribution in [3.05, 3.63) is 174 Å². The highest BCUT2D eigenvalue weighted by molar-refractivity contribution is 6.13. The minimum Gasteiger partial charge on any atom is -0.356 e. The molecule has 0 atom stereocenters. The SMILES string of the molecule is C=C1/C=C\C=C/CC2=C(C=CCC(n3ccc4ccc5c6c(ccc5c43)C(C)(C)c3ccccc3-6)=C2)N1.c1ccccc1. The number of allylic oxidation sites excluding steroid dienone is 9. The van der Waals surface area contributed by atoms with Gasteiger partial charge in [-0.2, -0.15) is 0 Å². The quantitative estimate of drug-likeness (QED) is 0.217. The molecule has 8 rings (SSSR count). The highest BCUT2D eigenvalue weighted by atomic mass is 15.0. The Kier molecular flexibility index (Phi) is 6.83. The number of rotatable bonds is 1. The van der Waals surface area contributed by atoms with E-state index in [1.165, 1.54) is 55.2 Å². The van der Waals surface area contributed by atoms with Gasteiger partial charge in [-0.25, -0.2) is 0 Å². The average Bonchev–Trinajstić information content (AvgIpc) is 3.52. The van der Waals surface area contributed by atoms with E-state index < -0.39 is 0 Å². The second-order valence-electron chi connectivity index (χ2n) is 11.9. The molecule has 5 aromatic rings. The molecule has 0 unspecified atom stereocenters. The van der Waals surface area contributed by atoms with Gasteiger partial charge >= 0.3 is 0 Å². The van der Waals surface area contributed by atoms with E-state index in [1.807, 2.05) is 48.6 Å². The third-order valence-electron chi connectivity index (χ3n) is 8.84. The molecular weight excluding hydrogens is 520 g/mol. The summed E-state index contributed by atoms with van der Waals surface area (Å²) in [5.41, 5.74) is 11.4. The summed E-state index contributed by atoms with van der Waals surface area (Å²) in [5, 5.41) is 7.41. The Hall–Kier alpha value is -5.08. The molecule has 1 N–H and O–H groups in total. The first-order valence-corrected chi connectivity index (χ1v) is 15.1. The van der Waals surface area contributed by atoms with Gasteiger partial charge in [0.1, 0.15) is 0 Å². The van der Waals surface area contributed by atoms with Crippen molar-refractivity contribution >= 4 is 27.4 Å². The van der Waals surface area contributed by atoms with Gasteiger partial charge in [0.25, 0.3) is 0 Å². The molecule has 1 aromatic heterocycles. The molecule has 210 valence electrons. The molecule has 2 heteroatoms. The lowest BCUT2D eigenvalue weighted by Crippen LogP contribution is -2.14. The molecule has 3 aliphatic rings. The first kappa shape index (κ1) is 26.8. The van der Waals surface area contributed by atoms with E-state index in [0.29, 0.717) is 0 Å². The summed E-state index contributed by atoms with van der Waals surface area (Å²) in [4.78, 5) is 0. The predicted octanol–water partition coefficient (Wildman–Crippen LogP) is 10.5. The van der Waals surface area contributed by atoms with Crippen LogP contribution in [0.2, 0.25) is 0 Å². The zero-order chi connectivity index (χ0) is 29.4. The van der Waals surface area contributed by atoms with Crippen LogP contribution >= 0.6 is 0 Å². The van der Waals surface area contributed by atoms with Crippen LogP contribution in [0.1, 0.15) is 37.8 Å². The number of hydrogen-bond donors (Lipinski definition) is 1. The van der Waals surface area contributed by atoms with Crippen LogP contribution in [0.25, 0.3) is 38.5 Å². The van der Waals surface area contributed by atoms with E-state index >= 15 is 0 Å². The summed E-state index contributed by atoms with van der Waals surface area (Å²) >= 11 is 0. The van der Waals surface area contributed by atoms with Crippen molar-refractivity contribution in [3.8, 4) is 11.1 Å². The van der Waals surface area contributed by atoms with E-state index in [0.717, 1.165) is 24.2 Å². The predicted molar refractivity (Wildman–Crippen MR) is 184 cm³/mol. The molecular formula is C41H36N2. The van der Waals surface area contributed by atoms with Crippen LogP contribution in [-0.4, -0.2) is 4.57 Å². The van der Waals surface area contributed by atoms with Gasteiger partial charge in [-0.3, -0.25) is 0 Å². The smallest absolute Gasteiger partial charge is 0.0603 e. The maximum atomic E-state index is 4.15. The molecule has 4 aromatic carbocycles. The molecule has 0 spiro atoms. The third-order valence-corrected chi connectivity index (χ3v) is 8.84. The second kappa shape index (κ2) is 11.0. The Morgan fingerprint density at radius 1 is 0.721 bits per heavy atom. The fourth-order valence-electron chi connectivity index (χ4n) is 6.73. The Morgan fingerprint density at radius 3 is 2.30 bits per heavy atom. The normalized spacial score (nSPS) is 18.1. The fourth-order valence-corrected chi connectivity index (χ4v) is 6.73. The van der Waals surface area contributed by atoms with Crippen molar-refractivity contribution in [1.29, 1.82) is 0 Å². The molecule has 0 radical (unpaired) electrons. The number of fused-ring (bicyclic) bond motifs is 7. The van der Waals surface area contributed by atoms with Crippen molar-refractivity contribution in [3.63, 3.8) is 0 Å². The first-order chi connectivity index (χ1) is 21.0. The van der Waals surface area contributed by atoms with Crippen LogP contribution in [-0.2, 0) is 5.41 Å². The second-order valence-corrected chi connectivity index (χ2v) is 11.9. The van der Waals surface area contributed by atoms with E-state index in [9.17, 15) is 0 Å². The Morgan fingerprint density at radius 2 is 1.49 bits per heavy atom. The molecule has 2 heterocycles. The number of aromatic nitrogens is 1. The van der Waals surface area contributed by atoms with Crippen LogP contribution in [0.5, 0.6) is 0 Å². The van der Waals surface area contributed by atoms with Gasteiger partial charge in [-0.05, 0) is 63.9 Å². The van der Waals surface area contributed by atoms with Crippen LogP contribution in [0.4, 0.5) is 0 Å². The number of nitrogens with one attached hydrogen (secondary N) is 1. The fraction of sp³-hybridized carbons (Fsp3) is 0.122. The van der Waals surface area contributed by atoms with E-state index in [2.05, 4.69) is 121 Å². The summed E-state index contributed by atoms with van der Waals surface area (Å²) in [5.74, 6) is 0. The van der Waals surface area contributed by atoms with Gasteiger partial charge in [-0.15, -0.1) is 0 Å². The maximum Gasteiger partial charge on any atom is 0.0603 e. The molecule has 2 aliphatic carbocycles. The molecule has 0 saturated carbocycles. The van der Waals surface area contributed by atoms with Gasteiger partial charge in [0.15, 0.2) is 0 Å². The zero-order valence-electron chi connectivity index (χ0n) is 24.8. The van der Waals surface area contributed by atoms with E-state index in [1.54, 1.807) is 0 Å². The van der Waals surface area contributed by atoms with Gasteiger partial charge in [0.05, 0.1) is 5.52 Å². The van der Waals surface area contributed by atoms with E-state index in [4.69, 9.17) is 0 Å². The molecule has 0 amide bonds. The number of nitrogens with zero attached hydrogens (tertiary/aromatic N) is 1. The topological polar surface area (TPSA) is 17.0 Å². The Balaban J connectivity index is 0.000000449. The van der Waals surface area contributed by atoms with Gasteiger partial charge < -0.3 is 9.88 Å². The molecule has 0 saturated heterocycles. The highest BCUT2D eigenvalue weighted by Crippen LogP contribution is 2.51. The summed E-state index contributed by atoms with van der Waals surface area (Å²) in [6.45, 7) is 8.85. The average molecular weight is 557 g/mol. The van der Waals surface area contributed by atoms with Gasteiger partial charge in [0, 0.05) is 45.9 Å². The van der Waals surface area contributed by atoms with Crippen molar-refractivity contribution in [2.75, 3.05) is 0 Å². The minimum atomic E-state index is 0.00482. The molecule has 2 nitrogen and oxygen atoms in total. The molecule has 43 heavy (non-hydrogen) atoms. The Bertz CT molecular complexity index is 2000. The zero-order valence-corrected chi connectivity index (χ0v) is 24.8. The lowest BCUT2D eigenvalue weighted by molar-refractivity contribution is 0.661. The van der Waals surface area contributed by atoms with Crippen molar-refractivity contribution < 1.29 is 0 Å². The van der Waals surface area contributed by atoms with Crippen molar-refractivity contribution in [2.45, 2.75) is 32.1 Å². The van der Waals surface area contributed by atoms with Crippen LogP contribution in [0, 0.1) is 0 Å². The monoisotopic (exact) mass is 556 g/mol. The third kappa shape index (κ3) is 4.79. The van der Waals surface area contributed by atoms with E-state index in [-0.39, 0.29) is 5.41 Å². The maximum absolute atomic E-state index is 4.15. The Labute approximate surface area is 254 Å². The molecule has 1 aliphatic heterocycles. The summed E-state index contributed by atoms with van der Waals surface area (Å²) in [7, 11) is 0. The largest absolute Gasteiger partial charge is 0.356 e. The highest BCUT2D eigenvalue weighted by Gasteiger charge is 2.36. The number of hydrogen-bond acceptors (Lipinski definition) is 1. The summed E-state index contributed by atoms with van der Waals surface area (Å²) < 4.78 is 2.40. The molecule has 0 fully saturated rings. The van der Waals surface area contributed by atoms with Crippen molar-refractivity contribution in [2.24, 2.45) is 0 Å². The summed E-state index contributed by atoms with van der Waals surface area (Å²) in [6, 6.07) is 32.5. The lowest BCUT2D eigenvalue weighted by Gasteiger charge is -2.21. The van der Waals surface area contributed by atoms with Crippen LogP contribution in [0.3, 0.4) is 0 Å². The minimum absolute atomic E-state index is 0.00482. The molecule has 0 bridgehead atoms. The van der Waals surface area contributed by atoms with Gasteiger partial charge in [0.2, 0.25) is 0 Å². The first-order valence-electron chi connectivity index (χ1n) is 15.1. The summed E-state index contributed by atoms with van der Waals surface area (Å²) in [6.07, 6.45) is 19.1. The van der Waals surface area contributed by atoms with Crippen LogP contribution < -0.4 is 5.32 Å². The number of benzene rings is 4. The standard InChI is InChI=1S/C35H30N2.C6H6/c1-23-10-5-4-6-11-25-22-26(12-9-15-32(25)36-23)37-21-20-24-16-17-27-28(34(24)37)18-19-31-33(27)29-13-7-8-14-30(29)35(31,2)3;1-2-4-6-5-3-1/h4-10,13-22,36H,1,11-12H2,2-3H3;1-6H/b6-4-,10-5-;. The van der Waals surface area contributed by atoms with Crippen molar-refractivity contribution in [1.82, 2.24) is 9.88 Å². The van der Waals surface area contributed by atoms with Gasteiger partial charge in [-0.1, -0.05) is 130 Å². The van der Waals surface area contributed by atoms with Crippen LogP contribution in [0.15, 0.2) is 163 Å². The lowest BCUT2D eigenvalue weighted by atomic mass is 9.82.